The Morgan fingerprint density at radius 1 is 0.909 bits per heavy atom. The van der Waals surface area contributed by atoms with Crippen molar-refractivity contribution in [1.82, 2.24) is 0 Å². The van der Waals surface area contributed by atoms with E-state index in [1.807, 2.05) is 20.8 Å². The first-order chi connectivity index (χ1) is 9.88. The zero-order chi connectivity index (χ0) is 17.6. The van der Waals surface area contributed by atoms with Gasteiger partial charge in [-0.2, -0.15) is 0 Å². The summed E-state index contributed by atoms with van der Waals surface area (Å²) in [5.41, 5.74) is -1.15. The van der Waals surface area contributed by atoms with E-state index in [1.54, 1.807) is 6.92 Å². The van der Waals surface area contributed by atoms with Crippen LogP contribution in [0.25, 0.3) is 0 Å². The Kier molecular flexibility index (Phi) is 7.60. The second-order valence-corrected chi connectivity index (χ2v) is 8.25. The van der Waals surface area contributed by atoms with Gasteiger partial charge >= 0.3 is 11.9 Å². The van der Waals surface area contributed by atoms with Gasteiger partial charge < -0.3 is 9.47 Å². The summed E-state index contributed by atoms with van der Waals surface area (Å²) in [6, 6.07) is 0. The molecule has 0 radical (unpaired) electrons. The molecule has 0 amide bonds. The summed E-state index contributed by atoms with van der Waals surface area (Å²) in [7, 11) is 1.40. The highest BCUT2D eigenvalue weighted by atomic mass is 16.5. The van der Waals surface area contributed by atoms with E-state index in [0.717, 1.165) is 12.8 Å². The average Bonchev–Trinajstić information content (AvgIpc) is 2.35. The average molecular weight is 314 g/mol. The number of ether oxygens (including phenoxy) is 2. The second-order valence-electron chi connectivity index (χ2n) is 8.25. The normalized spacial score (nSPS) is 15.1. The molecule has 0 aliphatic heterocycles. The molecule has 22 heavy (non-hydrogen) atoms. The molecular formula is C18H34O4. The van der Waals surface area contributed by atoms with Crippen molar-refractivity contribution in [1.29, 1.82) is 0 Å². The van der Waals surface area contributed by atoms with Crippen LogP contribution in [0, 0.1) is 16.2 Å². The Hall–Kier alpha value is -1.06. The van der Waals surface area contributed by atoms with Crippen molar-refractivity contribution in [3.05, 3.63) is 0 Å². The molecule has 0 aliphatic carbocycles. The van der Waals surface area contributed by atoms with Crippen LogP contribution in [0.5, 0.6) is 0 Å². The predicted molar refractivity (Wildman–Crippen MR) is 88.5 cm³/mol. The fourth-order valence-corrected chi connectivity index (χ4v) is 2.89. The lowest BCUT2D eigenvalue weighted by Gasteiger charge is -2.34. The van der Waals surface area contributed by atoms with E-state index >= 15 is 0 Å². The minimum absolute atomic E-state index is 0.230. The molecule has 1 unspecified atom stereocenters. The minimum Gasteiger partial charge on any atom is -0.469 e. The molecule has 4 heteroatoms. The number of esters is 2. The van der Waals surface area contributed by atoms with Gasteiger partial charge in [-0.1, -0.05) is 27.2 Å². The molecule has 0 heterocycles. The number of carbonyl (C=O) groups is 2. The van der Waals surface area contributed by atoms with Gasteiger partial charge in [0, 0.05) is 0 Å². The maximum atomic E-state index is 12.3. The van der Waals surface area contributed by atoms with E-state index in [2.05, 4.69) is 20.8 Å². The smallest absolute Gasteiger partial charge is 0.311 e. The summed E-state index contributed by atoms with van der Waals surface area (Å²) in [6.07, 6.45) is 3.09. The van der Waals surface area contributed by atoms with Crippen LogP contribution < -0.4 is 0 Å². The summed E-state index contributed by atoms with van der Waals surface area (Å²) < 4.78 is 10.1. The fraction of sp³-hybridized carbons (Fsp3) is 0.889. The maximum absolute atomic E-state index is 12.3. The molecular weight excluding hydrogens is 280 g/mol. The van der Waals surface area contributed by atoms with Gasteiger partial charge in [-0.3, -0.25) is 9.59 Å². The standard InChI is InChI=1S/C18H34O4/c1-9-22-14(19)17(5,6)13-18(7,15(20)21-8)12-10-11-16(2,3)4/h9-13H2,1-8H3. The van der Waals surface area contributed by atoms with E-state index in [-0.39, 0.29) is 17.4 Å². The van der Waals surface area contributed by atoms with Gasteiger partial charge in [0.15, 0.2) is 0 Å². The summed E-state index contributed by atoms with van der Waals surface area (Å²) in [6.45, 7) is 14.2. The third-order valence-electron chi connectivity index (χ3n) is 3.99. The van der Waals surface area contributed by atoms with Gasteiger partial charge in [0.25, 0.3) is 0 Å². The topological polar surface area (TPSA) is 52.6 Å². The summed E-state index contributed by atoms with van der Waals surface area (Å²) in [4.78, 5) is 24.4. The minimum atomic E-state index is -0.708. The highest BCUT2D eigenvalue weighted by Gasteiger charge is 2.43. The van der Waals surface area contributed by atoms with Crippen molar-refractivity contribution < 1.29 is 19.1 Å². The van der Waals surface area contributed by atoms with E-state index < -0.39 is 10.8 Å². The van der Waals surface area contributed by atoms with Crippen LogP contribution in [0.2, 0.25) is 0 Å². The molecule has 0 bridgehead atoms. The quantitative estimate of drug-likeness (QED) is 0.625. The number of hydrogen-bond donors (Lipinski definition) is 0. The van der Waals surface area contributed by atoms with Crippen LogP contribution in [0.4, 0.5) is 0 Å². The van der Waals surface area contributed by atoms with Gasteiger partial charge in [0.1, 0.15) is 0 Å². The zero-order valence-electron chi connectivity index (χ0n) is 15.7. The molecule has 0 rings (SSSR count). The van der Waals surface area contributed by atoms with Crippen LogP contribution in [0.3, 0.4) is 0 Å². The zero-order valence-corrected chi connectivity index (χ0v) is 15.7. The van der Waals surface area contributed by atoms with Crippen molar-refractivity contribution in [2.75, 3.05) is 13.7 Å². The maximum Gasteiger partial charge on any atom is 0.311 e. The highest BCUT2D eigenvalue weighted by Crippen LogP contribution is 2.40. The van der Waals surface area contributed by atoms with Crippen molar-refractivity contribution in [2.45, 2.75) is 74.1 Å². The molecule has 0 spiro atoms. The summed E-state index contributed by atoms with van der Waals surface area (Å²) in [5, 5.41) is 0. The van der Waals surface area contributed by atoms with Crippen LogP contribution in [0.1, 0.15) is 74.1 Å². The molecule has 0 aromatic heterocycles. The van der Waals surface area contributed by atoms with Gasteiger partial charge in [-0.05, 0) is 52.4 Å². The van der Waals surface area contributed by atoms with Gasteiger partial charge in [0.2, 0.25) is 0 Å². The van der Waals surface area contributed by atoms with E-state index in [9.17, 15) is 9.59 Å². The predicted octanol–water partition coefficient (Wildman–Crippen LogP) is 4.36. The molecule has 4 nitrogen and oxygen atoms in total. The molecule has 0 aromatic carbocycles. The summed E-state index contributed by atoms with van der Waals surface area (Å²) >= 11 is 0. The number of methoxy groups -OCH3 is 1. The lowest BCUT2D eigenvalue weighted by molar-refractivity contribution is -0.161. The Morgan fingerprint density at radius 3 is 1.86 bits per heavy atom. The van der Waals surface area contributed by atoms with Crippen molar-refractivity contribution in [2.24, 2.45) is 16.2 Å². The largest absolute Gasteiger partial charge is 0.469 e. The second kappa shape index (κ2) is 7.98. The first kappa shape index (κ1) is 20.9. The molecule has 0 fully saturated rings. The Morgan fingerprint density at radius 2 is 1.45 bits per heavy atom. The van der Waals surface area contributed by atoms with Gasteiger partial charge in [0.05, 0.1) is 24.5 Å². The molecule has 0 saturated carbocycles. The molecule has 0 N–H and O–H groups in total. The number of carbonyl (C=O) groups excluding carboxylic acids is 2. The van der Waals surface area contributed by atoms with Gasteiger partial charge in [-0.15, -0.1) is 0 Å². The summed E-state index contributed by atoms with van der Waals surface area (Å²) in [5.74, 6) is -0.514. The Balaban J connectivity index is 5.03. The van der Waals surface area contributed by atoms with Crippen LogP contribution in [0.15, 0.2) is 0 Å². The van der Waals surface area contributed by atoms with Crippen molar-refractivity contribution in [3.63, 3.8) is 0 Å². The third-order valence-corrected chi connectivity index (χ3v) is 3.99. The lowest BCUT2D eigenvalue weighted by atomic mass is 9.70. The van der Waals surface area contributed by atoms with Crippen LogP contribution in [-0.2, 0) is 19.1 Å². The number of hydrogen-bond acceptors (Lipinski definition) is 4. The van der Waals surface area contributed by atoms with Crippen molar-refractivity contribution >= 4 is 11.9 Å². The Labute approximate surface area is 135 Å². The Bertz CT molecular complexity index is 379. The SMILES string of the molecule is CCOC(=O)C(C)(C)CC(C)(CCCC(C)(C)C)C(=O)OC. The van der Waals surface area contributed by atoms with E-state index in [0.29, 0.717) is 19.4 Å². The fourth-order valence-electron chi connectivity index (χ4n) is 2.89. The lowest BCUT2D eigenvalue weighted by Crippen LogP contribution is -2.38. The molecule has 0 saturated heterocycles. The van der Waals surface area contributed by atoms with Gasteiger partial charge in [-0.25, -0.2) is 0 Å². The van der Waals surface area contributed by atoms with Crippen LogP contribution in [-0.4, -0.2) is 25.7 Å². The first-order valence-corrected chi connectivity index (χ1v) is 8.13. The van der Waals surface area contributed by atoms with E-state index in [1.165, 1.54) is 7.11 Å². The third kappa shape index (κ3) is 6.80. The van der Waals surface area contributed by atoms with Crippen molar-refractivity contribution in [3.8, 4) is 0 Å². The molecule has 130 valence electrons. The first-order valence-electron chi connectivity index (χ1n) is 8.13. The van der Waals surface area contributed by atoms with E-state index in [4.69, 9.17) is 9.47 Å². The highest BCUT2D eigenvalue weighted by molar-refractivity contribution is 5.80. The molecule has 0 aromatic rings. The molecule has 1 atom stereocenters. The monoisotopic (exact) mass is 314 g/mol. The molecule has 0 aliphatic rings. The number of rotatable bonds is 8. The van der Waals surface area contributed by atoms with Crippen LogP contribution >= 0.6 is 0 Å².